The molecule has 0 bridgehead atoms. The van der Waals surface area contributed by atoms with E-state index < -0.39 is 6.09 Å². The summed E-state index contributed by atoms with van der Waals surface area (Å²) in [5.41, 5.74) is 13.4. The van der Waals surface area contributed by atoms with E-state index in [1.165, 1.54) is 0 Å². The lowest BCUT2D eigenvalue weighted by atomic mass is 9.99. The number of nitrogens with two attached hydrogens (primary N) is 2. The molecule has 200 valence electrons. The second-order valence-corrected chi connectivity index (χ2v) is 10.8. The van der Waals surface area contributed by atoms with Crippen LogP contribution >= 0.6 is 11.3 Å². The number of thiophene rings is 1. The number of likely N-dealkylation sites (N-methyl/N-ethyl adjacent to an activating group) is 1. The second-order valence-electron chi connectivity index (χ2n) is 9.85. The predicted molar refractivity (Wildman–Crippen MR) is 149 cm³/mol. The number of rotatable bonds is 4. The van der Waals surface area contributed by atoms with Crippen LogP contribution in [0.4, 0.5) is 16.3 Å². The van der Waals surface area contributed by atoms with E-state index >= 15 is 0 Å². The summed E-state index contributed by atoms with van der Waals surface area (Å²) >= 11 is 1.10. The number of carbonyl (C=O) groups excluding carboxylic acids is 2. The van der Waals surface area contributed by atoms with Crippen molar-refractivity contribution in [3.8, 4) is 22.5 Å². The Bertz CT molecular complexity index is 1610. The Morgan fingerprint density at radius 2 is 2.00 bits per heavy atom. The van der Waals surface area contributed by atoms with Crippen molar-refractivity contribution in [3.63, 3.8) is 0 Å². The van der Waals surface area contributed by atoms with Crippen molar-refractivity contribution >= 4 is 56.0 Å². The number of anilines is 2. The Labute approximate surface area is 228 Å². The maximum Gasteiger partial charge on any atom is 0.410 e. The number of ether oxygens (including phenoxy) is 1. The summed E-state index contributed by atoms with van der Waals surface area (Å²) in [6, 6.07) is 12.1. The van der Waals surface area contributed by atoms with Crippen molar-refractivity contribution < 1.29 is 18.7 Å². The van der Waals surface area contributed by atoms with Gasteiger partial charge in [-0.05, 0) is 25.0 Å². The van der Waals surface area contributed by atoms with Crippen molar-refractivity contribution in [2.24, 2.45) is 5.73 Å². The highest BCUT2D eigenvalue weighted by Crippen LogP contribution is 2.48. The van der Waals surface area contributed by atoms with Crippen LogP contribution in [0.3, 0.4) is 0 Å². The number of aromatic nitrogens is 1. The Hall–Kier alpha value is -4.34. The van der Waals surface area contributed by atoms with Gasteiger partial charge < -0.3 is 30.4 Å². The second kappa shape index (κ2) is 9.76. The van der Waals surface area contributed by atoms with Crippen LogP contribution in [0.25, 0.3) is 32.5 Å². The molecule has 0 saturated carbocycles. The first-order valence-electron chi connectivity index (χ1n) is 12.7. The number of furan rings is 1. The highest BCUT2D eigenvalue weighted by Gasteiger charge is 2.33. The summed E-state index contributed by atoms with van der Waals surface area (Å²) in [5.74, 6) is 1.14. The van der Waals surface area contributed by atoms with Crippen LogP contribution in [0.15, 0.2) is 34.7 Å². The number of hydrogen-bond donors (Lipinski definition) is 2. The quantitative estimate of drug-likeness (QED) is 0.393. The van der Waals surface area contributed by atoms with Gasteiger partial charge in [0.05, 0.1) is 23.2 Å². The molecule has 2 aliphatic heterocycles. The molecule has 4 N–H and O–H groups in total. The minimum atomic E-state index is -0.983. The van der Waals surface area contributed by atoms with E-state index in [-0.39, 0.29) is 22.7 Å². The third-order valence-corrected chi connectivity index (χ3v) is 8.55. The van der Waals surface area contributed by atoms with E-state index in [0.29, 0.717) is 58.1 Å². The molecule has 1 aromatic carbocycles. The maximum atomic E-state index is 12.2. The van der Waals surface area contributed by atoms with Crippen LogP contribution in [0.2, 0.25) is 0 Å². The molecule has 6 rings (SSSR count). The Morgan fingerprint density at radius 1 is 1.23 bits per heavy atom. The van der Waals surface area contributed by atoms with E-state index in [4.69, 9.17) is 25.6 Å². The van der Waals surface area contributed by atoms with E-state index in [0.717, 1.165) is 42.7 Å². The van der Waals surface area contributed by atoms with Crippen molar-refractivity contribution in [1.82, 2.24) is 14.8 Å². The van der Waals surface area contributed by atoms with E-state index in [2.05, 4.69) is 15.9 Å². The van der Waals surface area contributed by atoms with Gasteiger partial charge >= 0.3 is 6.09 Å². The summed E-state index contributed by atoms with van der Waals surface area (Å²) in [6.45, 7) is 3.36. The monoisotopic (exact) mass is 545 g/mol. The summed E-state index contributed by atoms with van der Waals surface area (Å²) in [6.07, 6.45) is 0.692. The molecule has 11 nitrogen and oxygen atoms in total. The zero-order valence-corrected chi connectivity index (χ0v) is 22.2. The molecule has 0 aliphatic carbocycles. The summed E-state index contributed by atoms with van der Waals surface area (Å²) in [7, 11) is 1.84. The molecular formula is C27H27N7O4S. The first-order chi connectivity index (χ1) is 18.8. The summed E-state index contributed by atoms with van der Waals surface area (Å²) < 4.78 is 11.3. The van der Waals surface area contributed by atoms with Crippen molar-refractivity contribution in [2.75, 3.05) is 50.4 Å². The van der Waals surface area contributed by atoms with Gasteiger partial charge in [0.15, 0.2) is 0 Å². The molecule has 0 spiro atoms. The third kappa shape index (κ3) is 4.39. The maximum absolute atomic E-state index is 12.2. The van der Waals surface area contributed by atoms with Crippen molar-refractivity contribution in [3.05, 3.63) is 35.9 Å². The molecule has 4 aromatic rings. The topological polar surface area (TPSA) is 155 Å². The number of primary amides is 1. The molecule has 2 aliphatic rings. The summed E-state index contributed by atoms with van der Waals surface area (Å²) in [4.78, 5) is 35.3. The largest absolute Gasteiger partial charge is 0.456 e. The number of hydrogen-bond acceptors (Lipinski definition) is 10. The fraction of sp³-hybridized carbons (Fsp3) is 0.333. The van der Waals surface area contributed by atoms with Gasteiger partial charge in [0.1, 0.15) is 33.6 Å². The van der Waals surface area contributed by atoms with Gasteiger partial charge in [0, 0.05) is 44.7 Å². The van der Waals surface area contributed by atoms with Crippen LogP contribution in [0, 0.1) is 11.3 Å². The predicted octanol–water partition coefficient (Wildman–Crippen LogP) is 3.36. The molecule has 5 heterocycles. The van der Waals surface area contributed by atoms with Crippen molar-refractivity contribution in [1.29, 1.82) is 5.26 Å². The van der Waals surface area contributed by atoms with Gasteiger partial charge in [-0.1, -0.05) is 29.5 Å². The molecule has 0 radical (unpaired) electrons. The highest BCUT2D eigenvalue weighted by atomic mass is 32.1. The molecule has 2 amide bonds. The Balaban J connectivity index is 1.42. The zero-order chi connectivity index (χ0) is 27.3. The van der Waals surface area contributed by atoms with Gasteiger partial charge in [-0.3, -0.25) is 9.69 Å². The van der Waals surface area contributed by atoms with Gasteiger partial charge in [-0.15, -0.1) is 0 Å². The lowest BCUT2D eigenvalue weighted by Gasteiger charge is -2.42. The SMILES string of the molecule is CN1CCN(C2CCN(c3nc4sc(OC(N)=O)c(N)c4c(-c4cc5ccccc5o4)c3C#N)CC2)CC1=O. The molecule has 2 saturated heterocycles. The number of piperazine rings is 1. The van der Waals surface area contributed by atoms with Gasteiger partial charge in [-0.25, -0.2) is 9.78 Å². The van der Waals surface area contributed by atoms with E-state index in [9.17, 15) is 14.9 Å². The molecule has 39 heavy (non-hydrogen) atoms. The number of fused-ring (bicyclic) bond motifs is 2. The fourth-order valence-electron chi connectivity index (χ4n) is 5.50. The van der Waals surface area contributed by atoms with Crippen LogP contribution in [0.1, 0.15) is 18.4 Å². The minimum absolute atomic E-state index is 0.127. The van der Waals surface area contributed by atoms with Gasteiger partial charge in [0.2, 0.25) is 11.0 Å². The lowest BCUT2D eigenvalue weighted by molar-refractivity contribution is -0.135. The number of nitriles is 1. The van der Waals surface area contributed by atoms with Crippen LogP contribution in [0.5, 0.6) is 5.06 Å². The normalized spacial score (nSPS) is 17.2. The minimum Gasteiger partial charge on any atom is -0.456 e. The Kier molecular flexibility index (Phi) is 6.25. The fourth-order valence-corrected chi connectivity index (χ4v) is 6.46. The molecule has 0 unspecified atom stereocenters. The molecule has 12 heteroatoms. The van der Waals surface area contributed by atoms with E-state index in [1.807, 2.05) is 37.4 Å². The van der Waals surface area contributed by atoms with Gasteiger partial charge in [0.25, 0.3) is 0 Å². The number of para-hydroxylation sites is 1. The number of benzene rings is 1. The number of nitrogen functional groups attached to an aromatic ring is 1. The van der Waals surface area contributed by atoms with Crippen LogP contribution in [-0.4, -0.2) is 72.6 Å². The number of pyridine rings is 1. The lowest BCUT2D eigenvalue weighted by Crippen LogP contribution is -2.54. The average molecular weight is 546 g/mol. The molecular weight excluding hydrogens is 518 g/mol. The Morgan fingerprint density at radius 3 is 2.69 bits per heavy atom. The third-order valence-electron chi connectivity index (χ3n) is 7.57. The smallest absolute Gasteiger partial charge is 0.410 e. The molecule has 2 fully saturated rings. The van der Waals surface area contributed by atoms with Gasteiger partial charge in [-0.2, -0.15) is 5.26 Å². The highest BCUT2D eigenvalue weighted by molar-refractivity contribution is 7.21. The van der Waals surface area contributed by atoms with E-state index in [1.54, 1.807) is 4.90 Å². The van der Waals surface area contributed by atoms with Crippen LogP contribution in [-0.2, 0) is 4.79 Å². The average Bonchev–Trinajstić information content (AvgIpc) is 3.49. The number of carbonyl (C=O) groups is 2. The molecule has 3 aromatic heterocycles. The summed E-state index contributed by atoms with van der Waals surface area (Å²) in [5, 5.41) is 11.9. The first-order valence-corrected chi connectivity index (χ1v) is 13.5. The standard InChI is InChI=1S/C27H27N7O4S/c1-32-10-11-34(14-20(32)35)16-6-8-33(9-7-16)24-17(13-28)21(19-12-15-4-2-3-5-18(15)37-19)22-23(29)26(38-27(30)36)39-25(22)31-24/h2-5,12,16H,6-11,14,29H2,1H3,(H2,30,36). The first kappa shape index (κ1) is 25.0. The number of nitrogens with zero attached hydrogens (tertiary/aromatic N) is 5. The van der Waals surface area contributed by atoms with Crippen molar-refractivity contribution in [2.45, 2.75) is 18.9 Å². The number of amides is 2. The molecule has 0 atom stereocenters. The zero-order valence-electron chi connectivity index (χ0n) is 21.3. The van der Waals surface area contributed by atoms with Crippen LogP contribution < -0.4 is 21.1 Å². The number of piperidine rings is 1.